The van der Waals surface area contributed by atoms with Crippen LogP contribution in [-0.4, -0.2) is 74.3 Å². The molecule has 0 radical (unpaired) electrons. The summed E-state index contributed by atoms with van der Waals surface area (Å²) in [6, 6.07) is 10.5. The molecule has 9 heteroatoms. The van der Waals surface area contributed by atoms with Crippen LogP contribution in [0.4, 0.5) is 0 Å². The Morgan fingerprint density at radius 3 is 2.48 bits per heavy atom. The van der Waals surface area contributed by atoms with Crippen molar-refractivity contribution in [1.29, 1.82) is 0 Å². The van der Waals surface area contributed by atoms with Crippen molar-refractivity contribution in [2.24, 2.45) is 11.8 Å². The zero-order chi connectivity index (χ0) is 27.6. The van der Waals surface area contributed by atoms with E-state index in [0.29, 0.717) is 30.9 Å². The lowest BCUT2D eigenvalue weighted by Gasteiger charge is -2.63. The number of carbonyl (C=O) groups excluding carboxylic acids is 2. The van der Waals surface area contributed by atoms with Crippen molar-refractivity contribution < 1.29 is 34.4 Å². The van der Waals surface area contributed by atoms with Crippen LogP contribution in [0.25, 0.3) is 0 Å². The van der Waals surface area contributed by atoms with Crippen molar-refractivity contribution in [1.82, 2.24) is 10.2 Å². The highest BCUT2D eigenvalue weighted by molar-refractivity contribution is 6.07. The first kappa shape index (κ1) is 24.4. The SMILES string of the molecule is O=C(NC1(C(=O)O)Cc2ccccc2C1)C1C[C@@]2(O)[C@H]3Cc4ccc(O)c5c4[C@@]2(CCN3CC2CC2)[C@@H](O5)C1=O. The molecule has 1 saturated heterocycles. The van der Waals surface area contributed by atoms with E-state index in [-0.39, 0.29) is 36.8 Å². The number of aromatic hydroxyl groups is 1. The Balaban J connectivity index is 1.19. The molecule has 1 unspecified atom stereocenters. The van der Waals surface area contributed by atoms with Crippen molar-refractivity contribution in [2.45, 2.75) is 73.6 Å². The van der Waals surface area contributed by atoms with E-state index in [1.54, 1.807) is 6.07 Å². The summed E-state index contributed by atoms with van der Waals surface area (Å²) >= 11 is 0. The van der Waals surface area contributed by atoms with Gasteiger partial charge in [-0.2, -0.15) is 0 Å². The van der Waals surface area contributed by atoms with Crippen LogP contribution in [0.1, 0.15) is 47.9 Å². The number of hydrogen-bond donors (Lipinski definition) is 4. The van der Waals surface area contributed by atoms with Gasteiger partial charge in [-0.15, -0.1) is 0 Å². The number of carboxylic acids is 1. The molecule has 3 fully saturated rings. The molecule has 6 aliphatic rings. The molecule has 1 spiro atoms. The van der Waals surface area contributed by atoms with Gasteiger partial charge >= 0.3 is 5.97 Å². The summed E-state index contributed by atoms with van der Waals surface area (Å²) in [5.74, 6) is -2.83. The minimum atomic E-state index is -1.57. The zero-order valence-corrected chi connectivity index (χ0v) is 22.1. The molecule has 1 amide bonds. The lowest BCUT2D eigenvalue weighted by molar-refractivity contribution is -0.199. The van der Waals surface area contributed by atoms with Gasteiger partial charge in [-0.05, 0) is 67.3 Å². The van der Waals surface area contributed by atoms with Crippen LogP contribution in [0.15, 0.2) is 36.4 Å². The summed E-state index contributed by atoms with van der Waals surface area (Å²) in [7, 11) is 0. The predicted octanol–water partition coefficient (Wildman–Crippen LogP) is 1.49. The van der Waals surface area contributed by atoms with E-state index in [2.05, 4.69) is 10.2 Å². The van der Waals surface area contributed by atoms with Gasteiger partial charge in [0, 0.05) is 31.0 Å². The average Bonchev–Trinajstić information content (AvgIpc) is 3.54. The summed E-state index contributed by atoms with van der Waals surface area (Å²) in [5, 5.41) is 36.5. The first-order valence-corrected chi connectivity index (χ1v) is 14.3. The second-order valence-corrected chi connectivity index (χ2v) is 12.9. The second kappa shape index (κ2) is 7.85. The van der Waals surface area contributed by atoms with Gasteiger partial charge in [-0.25, -0.2) is 4.79 Å². The molecule has 5 atom stereocenters. The topological polar surface area (TPSA) is 136 Å². The minimum Gasteiger partial charge on any atom is -0.504 e. The van der Waals surface area contributed by atoms with E-state index >= 15 is 0 Å². The van der Waals surface area contributed by atoms with Gasteiger partial charge < -0.3 is 25.4 Å². The Morgan fingerprint density at radius 2 is 1.80 bits per heavy atom. The average molecular weight is 545 g/mol. The number of likely N-dealkylation sites (tertiary alicyclic amines) is 1. The highest BCUT2D eigenvalue weighted by atomic mass is 16.5. The highest BCUT2D eigenvalue weighted by Gasteiger charge is 2.75. The minimum absolute atomic E-state index is 0.0777. The highest BCUT2D eigenvalue weighted by Crippen LogP contribution is 2.65. The third kappa shape index (κ3) is 2.97. The third-order valence-electron chi connectivity index (χ3n) is 10.8. The van der Waals surface area contributed by atoms with Gasteiger partial charge in [0.25, 0.3) is 0 Å². The molecule has 2 aromatic rings. The number of rotatable bonds is 5. The second-order valence-electron chi connectivity index (χ2n) is 12.9. The number of phenolic OH excluding ortho intramolecular Hbond substituents is 1. The lowest BCUT2D eigenvalue weighted by Crippen LogP contribution is -2.78. The lowest BCUT2D eigenvalue weighted by atomic mass is 9.47. The molecule has 9 nitrogen and oxygen atoms in total. The summed E-state index contributed by atoms with van der Waals surface area (Å²) < 4.78 is 6.21. The number of ketones is 1. The number of hydrogen-bond acceptors (Lipinski definition) is 7. The number of ether oxygens (including phenoxy) is 1. The van der Waals surface area contributed by atoms with E-state index in [1.165, 1.54) is 0 Å². The number of nitrogens with one attached hydrogen (secondary N) is 1. The summed E-state index contributed by atoms with van der Waals surface area (Å²) in [5.41, 5.74) is -0.689. The van der Waals surface area contributed by atoms with Gasteiger partial charge in [-0.1, -0.05) is 30.3 Å². The number of carboxylic acid groups (broad SMARTS) is 1. The standard InChI is InChI=1S/C31H32N2O7/c34-21-8-7-17-11-22-31(39)14-20(27(36)32-29(28(37)38)12-18-3-1-2-4-19(18)13-29)24(35)26-30(31,23(17)25(21)40-26)9-10-33(22)15-16-5-6-16/h1-4,7-8,16,20,22,26,34,39H,5-6,9-15H2,(H,32,36)(H,37,38)/t20?,22-,26+,30+,31-/m1/s1. The number of piperidine rings is 1. The van der Waals surface area contributed by atoms with E-state index in [9.17, 15) is 29.7 Å². The molecule has 0 aromatic heterocycles. The first-order chi connectivity index (χ1) is 19.2. The number of benzene rings is 2. The van der Waals surface area contributed by atoms with E-state index in [0.717, 1.165) is 36.1 Å². The fourth-order valence-corrected chi connectivity index (χ4v) is 8.76. The number of nitrogens with zero attached hydrogens (tertiary/aromatic N) is 1. The Bertz CT molecular complexity index is 1480. The van der Waals surface area contributed by atoms with Crippen LogP contribution in [0.3, 0.4) is 0 Å². The smallest absolute Gasteiger partial charge is 0.330 e. The van der Waals surface area contributed by atoms with Crippen molar-refractivity contribution in [2.75, 3.05) is 13.1 Å². The Morgan fingerprint density at radius 1 is 1.07 bits per heavy atom. The molecule has 40 heavy (non-hydrogen) atoms. The zero-order valence-electron chi connectivity index (χ0n) is 22.1. The third-order valence-corrected chi connectivity index (χ3v) is 10.8. The fraction of sp³-hybridized carbons (Fsp3) is 0.516. The fourth-order valence-electron chi connectivity index (χ4n) is 8.76. The summed E-state index contributed by atoms with van der Waals surface area (Å²) in [6.07, 6.45) is 2.35. The molecular formula is C31H32N2O7. The molecular weight excluding hydrogens is 512 g/mol. The van der Waals surface area contributed by atoms with Crippen molar-refractivity contribution >= 4 is 17.7 Å². The predicted molar refractivity (Wildman–Crippen MR) is 141 cm³/mol. The quantitative estimate of drug-likeness (QED) is 0.416. The van der Waals surface area contributed by atoms with Crippen LogP contribution >= 0.6 is 0 Å². The number of fused-ring (bicyclic) bond motifs is 1. The molecule has 208 valence electrons. The van der Waals surface area contributed by atoms with Crippen LogP contribution in [0, 0.1) is 11.8 Å². The van der Waals surface area contributed by atoms with Gasteiger partial charge in [0.05, 0.1) is 11.0 Å². The van der Waals surface area contributed by atoms with E-state index in [1.807, 2.05) is 30.3 Å². The normalized spacial score (nSPS) is 34.5. The largest absolute Gasteiger partial charge is 0.504 e. The number of aliphatic hydroxyl groups is 1. The Labute approximate surface area is 231 Å². The van der Waals surface area contributed by atoms with Crippen LogP contribution in [0.5, 0.6) is 11.5 Å². The van der Waals surface area contributed by atoms with Crippen molar-refractivity contribution in [3.8, 4) is 11.5 Å². The molecule has 2 aromatic carbocycles. The molecule has 2 saturated carbocycles. The Kier molecular flexibility index (Phi) is 4.79. The summed E-state index contributed by atoms with van der Waals surface area (Å²) in [4.78, 5) is 43.0. The monoisotopic (exact) mass is 544 g/mol. The number of aliphatic carboxylic acids is 1. The maximum absolute atomic E-state index is 14.1. The molecule has 2 heterocycles. The number of amides is 1. The molecule has 4 aliphatic carbocycles. The van der Waals surface area contributed by atoms with Gasteiger partial charge in [0.2, 0.25) is 5.91 Å². The molecule has 2 bridgehead atoms. The van der Waals surface area contributed by atoms with Crippen LogP contribution in [0.2, 0.25) is 0 Å². The summed E-state index contributed by atoms with van der Waals surface area (Å²) in [6.45, 7) is 1.56. The number of carbonyl (C=O) groups is 3. The van der Waals surface area contributed by atoms with Gasteiger partial charge in [-0.3, -0.25) is 14.5 Å². The van der Waals surface area contributed by atoms with Crippen molar-refractivity contribution in [3.05, 3.63) is 58.7 Å². The molecule has 2 aliphatic heterocycles. The Hall–Kier alpha value is -3.43. The maximum Gasteiger partial charge on any atom is 0.330 e. The maximum atomic E-state index is 14.1. The van der Waals surface area contributed by atoms with E-state index < -0.39 is 46.2 Å². The molecule has 4 N–H and O–H groups in total. The number of Topliss-reactive ketones (excluding diaryl/α,β-unsaturated/α-hetero) is 1. The first-order valence-electron chi connectivity index (χ1n) is 14.3. The van der Waals surface area contributed by atoms with Gasteiger partial charge in [0.15, 0.2) is 23.4 Å². The number of phenols is 1. The van der Waals surface area contributed by atoms with Crippen molar-refractivity contribution in [3.63, 3.8) is 0 Å². The van der Waals surface area contributed by atoms with Crippen LogP contribution < -0.4 is 10.1 Å². The van der Waals surface area contributed by atoms with Crippen LogP contribution in [-0.2, 0) is 39.1 Å². The van der Waals surface area contributed by atoms with E-state index in [4.69, 9.17) is 4.74 Å². The van der Waals surface area contributed by atoms with Gasteiger partial charge in [0.1, 0.15) is 11.5 Å². The molecule has 8 rings (SSSR count).